The van der Waals surface area contributed by atoms with E-state index >= 15 is 0 Å². The number of aliphatic imine (C=N–C) groups is 1. The topological polar surface area (TPSA) is 54.3 Å². The molecule has 0 aliphatic carbocycles. The van der Waals surface area contributed by atoms with Crippen molar-refractivity contribution in [2.24, 2.45) is 4.99 Å². The van der Waals surface area contributed by atoms with E-state index in [9.17, 15) is 5.11 Å². The highest BCUT2D eigenvalue weighted by atomic mass is 16.5. The number of hydrogen-bond acceptors (Lipinski definition) is 5. The van der Waals surface area contributed by atoms with E-state index in [1.807, 2.05) is 57.4 Å². The fourth-order valence-electron chi connectivity index (χ4n) is 2.56. The third kappa shape index (κ3) is 4.97. The smallest absolute Gasteiger partial charge is 0.166 e. The first-order valence-corrected chi connectivity index (χ1v) is 8.31. The summed E-state index contributed by atoms with van der Waals surface area (Å²) in [5, 5.41) is 10.2. The Labute approximate surface area is 149 Å². The van der Waals surface area contributed by atoms with Gasteiger partial charge in [0.05, 0.1) is 26.3 Å². The van der Waals surface area contributed by atoms with Crippen LogP contribution in [0, 0.1) is 0 Å². The van der Waals surface area contributed by atoms with Crippen LogP contribution in [0.25, 0.3) is 0 Å². The third-order valence-corrected chi connectivity index (χ3v) is 3.96. The maximum Gasteiger partial charge on any atom is 0.166 e. The van der Waals surface area contributed by atoms with E-state index in [1.165, 1.54) is 0 Å². The predicted octanol–water partition coefficient (Wildman–Crippen LogP) is 3.52. The number of hydrogen-bond donors (Lipinski definition) is 1. The Kier molecular flexibility index (Phi) is 6.83. The minimum atomic E-state index is 0.124. The average molecular weight is 342 g/mol. The summed E-state index contributed by atoms with van der Waals surface area (Å²) < 4.78 is 10.6. The molecule has 2 rings (SSSR count). The van der Waals surface area contributed by atoms with Crippen molar-refractivity contribution in [3.05, 3.63) is 53.6 Å². The van der Waals surface area contributed by atoms with Crippen LogP contribution in [-0.2, 0) is 0 Å². The minimum absolute atomic E-state index is 0.124. The van der Waals surface area contributed by atoms with Crippen LogP contribution in [0.2, 0.25) is 0 Å². The summed E-state index contributed by atoms with van der Waals surface area (Å²) in [7, 11) is 5.71. The van der Waals surface area contributed by atoms with Crippen LogP contribution < -0.4 is 9.47 Å². The first kappa shape index (κ1) is 18.8. The molecule has 1 atom stereocenters. The van der Waals surface area contributed by atoms with E-state index in [1.54, 1.807) is 19.4 Å². The monoisotopic (exact) mass is 342 g/mol. The first-order chi connectivity index (χ1) is 12.1. The summed E-state index contributed by atoms with van der Waals surface area (Å²) >= 11 is 0. The van der Waals surface area contributed by atoms with Gasteiger partial charge in [0, 0.05) is 11.8 Å². The number of methoxy groups -OCH3 is 1. The van der Waals surface area contributed by atoms with Gasteiger partial charge in [-0.2, -0.15) is 0 Å². The number of phenolic OH excluding ortho intramolecular Hbond substituents is 1. The molecule has 0 unspecified atom stereocenters. The lowest BCUT2D eigenvalue weighted by molar-refractivity contribution is 0.306. The molecule has 0 aromatic heterocycles. The van der Waals surface area contributed by atoms with Crippen LogP contribution in [0.5, 0.6) is 17.2 Å². The van der Waals surface area contributed by atoms with Crippen molar-refractivity contribution in [1.29, 1.82) is 0 Å². The van der Waals surface area contributed by atoms with Gasteiger partial charge in [-0.05, 0) is 50.8 Å². The minimum Gasteiger partial charge on any atom is -0.504 e. The van der Waals surface area contributed by atoms with E-state index in [2.05, 4.69) is 9.89 Å². The first-order valence-electron chi connectivity index (χ1n) is 8.31. The number of para-hydroxylation sites is 1. The summed E-state index contributed by atoms with van der Waals surface area (Å²) in [5.74, 6) is 1.44. The van der Waals surface area contributed by atoms with Crippen LogP contribution in [-0.4, -0.2) is 50.6 Å². The Morgan fingerprint density at radius 1 is 1.16 bits per heavy atom. The zero-order valence-electron chi connectivity index (χ0n) is 15.3. The summed E-state index contributed by atoms with van der Waals surface area (Å²) in [6, 6.07) is 13.5. The lowest BCUT2D eigenvalue weighted by Crippen LogP contribution is -2.22. The van der Waals surface area contributed by atoms with E-state index in [4.69, 9.17) is 9.47 Å². The fourth-order valence-corrected chi connectivity index (χ4v) is 2.56. The van der Waals surface area contributed by atoms with Gasteiger partial charge in [0.2, 0.25) is 0 Å². The van der Waals surface area contributed by atoms with Gasteiger partial charge in [0.15, 0.2) is 11.5 Å². The number of nitrogens with zero attached hydrogens (tertiary/aromatic N) is 2. The van der Waals surface area contributed by atoms with Crippen LogP contribution in [0.3, 0.4) is 0 Å². The lowest BCUT2D eigenvalue weighted by Gasteiger charge is -2.23. The Bertz CT molecular complexity index is 697. The van der Waals surface area contributed by atoms with Gasteiger partial charge in [-0.1, -0.05) is 18.2 Å². The highest BCUT2D eigenvalue weighted by molar-refractivity contribution is 5.84. The van der Waals surface area contributed by atoms with Crippen LogP contribution in [0.15, 0.2) is 47.5 Å². The van der Waals surface area contributed by atoms with E-state index < -0.39 is 0 Å². The summed E-state index contributed by atoms with van der Waals surface area (Å²) in [6.07, 6.45) is 1.69. The van der Waals surface area contributed by atoms with Crippen molar-refractivity contribution >= 4 is 6.21 Å². The molecule has 0 aliphatic heterocycles. The van der Waals surface area contributed by atoms with Crippen molar-refractivity contribution in [3.63, 3.8) is 0 Å². The van der Waals surface area contributed by atoms with Gasteiger partial charge in [-0.25, -0.2) is 0 Å². The second kappa shape index (κ2) is 9.08. The second-order valence-electron chi connectivity index (χ2n) is 5.87. The van der Waals surface area contributed by atoms with Crippen molar-refractivity contribution in [2.45, 2.75) is 13.0 Å². The molecule has 0 amide bonds. The maximum atomic E-state index is 10.2. The highest BCUT2D eigenvalue weighted by Crippen LogP contribution is 2.29. The van der Waals surface area contributed by atoms with Gasteiger partial charge in [0.1, 0.15) is 5.75 Å². The van der Waals surface area contributed by atoms with Crippen LogP contribution in [0.4, 0.5) is 0 Å². The molecule has 0 saturated heterocycles. The van der Waals surface area contributed by atoms with Crippen molar-refractivity contribution < 1.29 is 14.6 Å². The average Bonchev–Trinajstić information content (AvgIpc) is 2.61. The molecule has 25 heavy (non-hydrogen) atoms. The molecule has 2 aromatic rings. The van der Waals surface area contributed by atoms with Gasteiger partial charge < -0.3 is 19.5 Å². The number of benzene rings is 2. The SMILES string of the molecule is CCOc1cccc(C=NC[C@H](c2ccc(OC)cc2)N(C)C)c1O. The number of phenols is 1. The Morgan fingerprint density at radius 2 is 1.88 bits per heavy atom. The van der Waals surface area contributed by atoms with E-state index in [0.717, 1.165) is 11.3 Å². The van der Waals surface area contributed by atoms with Gasteiger partial charge in [-0.15, -0.1) is 0 Å². The van der Waals surface area contributed by atoms with Gasteiger partial charge in [-0.3, -0.25) is 4.99 Å². The summed E-state index contributed by atoms with van der Waals surface area (Å²) in [4.78, 5) is 6.65. The van der Waals surface area contributed by atoms with Gasteiger partial charge >= 0.3 is 0 Å². The number of likely N-dealkylation sites (N-methyl/N-ethyl adjacent to an activating group) is 1. The molecule has 0 spiro atoms. The van der Waals surface area contributed by atoms with Gasteiger partial charge in [0.25, 0.3) is 0 Å². The Hall–Kier alpha value is -2.53. The molecule has 5 heteroatoms. The molecule has 1 N–H and O–H groups in total. The molecular formula is C20H26N2O3. The standard InChI is InChI=1S/C20H26N2O3/c1-5-25-19-8-6-7-16(20(19)23)13-21-14-18(22(2)3)15-9-11-17(24-4)12-10-15/h6-13,18,23H,5,14H2,1-4H3/t18-/m1/s1. The molecule has 134 valence electrons. The Balaban J connectivity index is 2.13. The summed E-state index contributed by atoms with van der Waals surface area (Å²) in [6.45, 7) is 2.97. The number of aromatic hydroxyl groups is 1. The molecule has 0 saturated carbocycles. The Morgan fingerprint density at radius 3 is 2.48 bits per heavy atom. The van der Waals surface area contributed by atoms with E-state index in [-0.39, 0.29) is 11.8 Å². The van der Waals surface area contributed by atoms with Crippen molar-refractivity contribution in [1.82, 2.24) is 4.90 Å². The second-order valence-corrected chi connectivity index (χ2v) is 5.87. The zero-order chi connectivity index (χ0) is 18.2. The molecule has 0 bridgehead atoms. The van der Waals surface area contributed by atoms with Crippen molar-refractivity contribution in [2.75, 3.05) is 34.4 Å². The zero-order valence-corrected chi connectivity index (χ0v) is 15.3. The lowest BCUT2D eigenvalue weighted by atomic mass is 10.1. The normalized spacial score (nSPS) is 12.5. The number of rotatable bonds is 8. The van der Waals surface area contributed by atoms with Crippen LogP contribution in [0.1, 0.15) is 24.1 Å². The van der Waals surface area contributed by atoms with E-state index in [0.29, 0.717) is 24.5 Å². The molecule has 2 aromatic carbocycles. The molecular weight excluding hydrogens is 316 g/mol. The highest BCUT2D eigenvalue weighted by Gasteiger charge is 2.13. The number of ether oxygens (including phenoxy) is 2. The maximum absolute atomic E-state index is 10.2. The van der Waals surface area contributed by atoms with Crippen molar-refractivity contribution in [3.8, 4) is 17.2 Å². The molecule has 5 nitrogen and oxygen atoms in total. The molecule has 0 fully saturated rings. The quantitative estimate of drug-likeness (QED) is 0.746. The third-order valence-electron chi connectivity index (χ3n) is 3.96. The molecule has 0 radical (unpaired) electrons. The summed E-state index contributed by atoms with van der Waals surface area (Å²) in [5.41, 5.74) is 1.81. The van der Waals surface area contributed by atoms with Crippen LogP contribution >= 0.6 is 0 Å². The molecule has 0 heterocycles. The fraction of sp³-hybridized carbons (Fsp3) is 0.350. The molecule has 0 aliphatic rings. The predicted molar refractivity (Wildman–Crippen MR) is 101 cm³/mol. The largest absolute Gasteiger partial charge is 0.504 e.